The summed E-state index contributed by atoms with van der Waals surface area (Å²) in [4.78, 5) is 64.9. The summed E-state index contributed by atoms with van der Waals surface area (Å²) >= 11 is 5.91. The second kappa shape index (κ2) is 14.6. The predicted octanol–water partition coefficient (Wildman–Crippen LogP) is 6.17. The van der Waals surface area contributed by atoms with Crippen molar-refractivity contribution >= 4 is 47.0 Å². The first-order valence-corrected chi connectivity index (χ1v) is 14.7. The molecule has 3 N–H and O–H groups in total. The number of esters is 1. The molecule has 0 aliphatic carbocycles. The Labute approximate surface area is 282 Å². The average Bonchev–Trinajstić information content (AvgIpc) is 3.04. The van der Waals surface area contributed by atoms with E-state index in [0.717, 1.165) is 12.1 Å². The van der Waals surface area contributed by atoms with Crippen LogP contribution in [0.5, 0.6) is 0 Å². The molecule has 0 saturated carbocycles. The number of anilines is 1. The molecule has 0 aliphatic rings. The van der Waals surface area contributed by atoms with Gasteiger partial charge in [0.05, 0.1) is 28.3 Å². The minimum absolute atomic E-state index is 0.0339. The van der Waals surface area contributed by atoms with Crippen LogP contribution in [-0.2, 0) is 37.1 Å². The van der Waals surface area contributed by atoms with Crippen LogP contribution in [0.15, 0.2) is 91.0 Å². The normalized spacial score (nSPS) is 11.4. The van der Waals surface area contributed by atoms with Gasteiger partial charge in [0.1, 0.15) is 6.61 Å². The molecule has 0 unspecified atom stereocenters. The van der Waals surface area contributed by atoms with Crippen LogP contribution in [0.3, 0.4) is 0 Å². The van der Waals surface area contributed by atoms with Gasteiger partial charge in [-0.2, -0.15) is 13.2 Å². The molecule has 0 atom stereocenters. The number of aliphatic carboxylic acids is 2. The van der Waals surface area contributed by atoms with Gasteiger partial charge in [0, 0.05) is 19.7 Å². The molecule has 4 rings (SSSR count). The first kappa shape index (κ1) is 36.2. The number of nitrogens with zero attached hydrogens (tertiary/aromatic N) is 1. The monoisotopic (exact) mass is 696 g/mol. The van der Waals surface area contributed by atoms with E-state index in [-0.39, 0.29) is 39.1 Å². The summed E-state index contributed by atoms with van der Waals surface area (Å²) in [6, 6.07) is 20.3. The third kappa shape index (κ3) is 7.90. The topological polar surface area (TPSA) is 150 Å². The molecule has 14 heteroatoms. The van der Waals surface area contributed by atoms with E-state index in [9.17, 15) is 47.4 Å². The Hall–Kier alpha value is -5.69. The van der Waals surface area contributed by atoms with E-state index in [1.54, 1.807) is 18.2 Å². The summed E-state index contributed by atoms with van der Waals surface area (Å²) in [7, 11) is 2.92. The lowest BCUT2D eigenvalue weighted by molar-refractivity contribution is -0.164. The maximum atomic E-state index is 13.5. The SMILES string of the molecule is CN(C)C(=O)c1cc(CC(=O)OCC(C(=O)O)(C(=O)O)c2ccccc2)ccc1NC(=O)c1ccccc1-c1ccc(C(F)(F)F)c(Cl)c1. The Morgan fingerprint density at radius 1 is 0.816 bits per heavy atom. The molecule has 0 aromatic heterocycles. The lowest BCUT2D eigenvalue weighted by Gasteiger charge is -2.25. The van der Waals surface area contributed by atoms with Crippen LogP contribution in [0.4, 0.5) is 18.9 Å². The Bertz CT molecular complexity index is 1920. The van der Waals surface area contributed by atoms with E-state index in [1.807, 2.05) is 0 Å². The van der Waals surface area contributed by atoms with Gasteiger partial charge in [0.2, 0.25) is 5.41 Å². The number of hydrogen-bond acceptors (Lipinski definition) is 6. The zero-order valence-corrected chi connectivity index (χ0v) is 26.6. The van der Waals surface area contributed by atoms with Crippen LogP contribution in [0.1, 0.15) is 37.4 Å². The van der Waals surface area contributed by atoms with E-state index in [4.69, 9.17) is 16.3 Å². The Balaban J connectivity index is 1.59. The van der Waals surface area contributed by atoms with Crippen LogP contribution >= 0.6 is 11.6 Å². The summed E-state index contributed by atoms with van der Waals surface area (Å²) in [5.74, 6) is -5.71. The lowest BCUT2D eigenvalue weighted by Crippen LogP contribution is -2.48. The number of ether oxygens (including phenoxy) is 1. The zero-order chi connectivity index (χ0) is 36.1. The minimum Gasteiger partial charge on any atom is -0.480 e. The Kier molecular flexibility index (Phi) is 10.8. The van der Waals surface area contributed by atoms with Crippen molar-refractivity contribution in [3.05, 3.63) is 124 Å². The number of carbonyl (C=O) groups is 5. The van der Waals surface area contributed by atoms with Gasteiger partial charge in [-0.1, -0.05) is 72.3 Å². The summed E-state index contributed by atoms with van der Waals surface area (Å²) in [6.45, 7) is -1.01. The molecule has 254 valence electrons. The Morgan fingerprint density at radius 3 is 2.04 bits per heavy atom. The molecule has 0 spiro atoms. The predicted molar refractivity (Wildman–Crippen MR) is 172 cm³/mol. The molecule has 4 aromatic rings. The van der Waals surface area contributed by atoms with Gasteiger partial charge in [-0.3, -0.25) is 24.0 Å². The van der Waals surface area contributed by atoms with Gasteiger partial charge in [-0.05, 0) is 52.6 Å². The first-order valence-electron chi connectivity index (χ1n) is 14.4. The standard InChI is InChI=1S/C35H28ClF3N2O8/c1-41(2)31(44)25-16-20(17-29(42)49-19-34(32(45)46,33(47)48)22-8-4-3-5-9-22)12-15-28(25)40-30(43)24-11-7-6-10-23(24)21-13-14-26(27(36)18-21)35(37,38)39/h3-16,18H,17,19H2,1-2H3,(H,40,43)(H,45,46)(H,47,48). The van der Waals surface area contributed by atoms with Gasteiger partial charge in [0.15, 0.2) is 0 Å². The molecule has 0 saturated heterocycles. The summed E-state index contributed by atoms with van der Waals surface area (Å²) in [6.07, 6.45) is -5.15. The third-order valence-corrected chi connectivity index (χ3v) is 7.83. The quantitative estimate of drug-likeness (QED) is 0.124. The van der Waals surface area contributed by atoms with Crippen LogP contribution in [0.25, 0.3) is 11.1 Å². The number of carbonyl (C=O) groups excluding carboxylic acids is 3. The maximum absolute atomic E-state index is 13.5. The molecule has 4 aromatic carbocycles. The minimum atomic E-state index is -4.67. The van der Waals surface area contributed by atoms with Crippen molar-refractivity contribution in [3.63, 3.8) is 0 Å². The van der Waals surface area contributed by atoms with E-state index in [2.05, 4.69) is 5.32 Å². The highest BCUT2D eigenvalue weighted by atomic mass is 35.5. The molecular formula is C35H28ClF3N2O8. The third-order valence-electron chi connectivity index (χ3n) is 7.52. The summed E-state index contributed by atoms with van der Waals surface area (Å²) in [5, 5.41) is 21.7. The number of alkyl halides is 3. The zero-order valence-electron chi connectivity index (χ0n) is 25.9. The van der Waals surface area contributed by atoms with Gasteiger partial charge >= 0.3 is 24.1 Å². The van der Waals surface area contributed by atoms with Crippen molar-refractivity contribution in [2.45, 2.75) is 18.0 Å². The molecule has 0 bridgehead atoms. The number of carboxylic acid groups (broad SMARTS) is 2. The van der Waals surface area contributed by atoms with Gasteiger partial charge in [0.25, 0.3) is 11.8 Å². The molecular weight excluding hydrogens is 669 g/mol. The largest absolute Gasteiger partial charge is 0.480 e. The van der Waals surface area contributed by atoms with Crippen molar-refractivity contribution in [1.82, 2.24) is 4.90 Å². The molecule has 0 aliphatic heterocycles. The van der Waals surface area contributed by atoms with Gasteiger partial charge in [-0.25, -0.2) is 0 Å². The number of carboxylic acids is 2. The van der Waals surface area contributed by atoms with E-state index in [0.29, 0.717) is 0 Å². The highest BCUT2D eigenvalue weighted by Crippen LogP contribution is 2.37. The molecule has 49 heavy (non-hydrogen) atoms. The lowest BCUT2D eigenvalue weighted by atomic mass is 9.81. The maximum Gasteiger partial charge on any atom is 0.417 e. The fourth-order valence-electron chi connectivity index (χ4n) is 4.94. The highest BCUT2D eigenvalue weighted by Gasteiger charge is 2.50. The molecule has 0 fully saturated rings. The average molecular weight is 697 g/mol. The molecule has 0 radical (unpaired) electrons. The van der Waals surface area contributed by atoms with Crippen molar-refractivity contribution in [2.75, 3.05) is 26.0 Å². The van der Waals surface area contributed by atoms with Crippen molar-refractivity contribution < 1.29 is 52.1 Å². The van der Waals surface area contributed by atoms with E-state index < -0.39 is 64.9 Å². The van der Waals surface area contributed by atoms with Crippen molar-refractivity contribution in [3.8, 4) is 11.1 Å². The summed E-state index contributed by atoms with van der Waals surface area (Å²) < 4.78 is 44.9. The van der Waals surface area contributed by atoms with Gasteiger partial charge < -0.3 is 25.2 Å². The van der Waals surface area contributed by atoms with Crippen LogP contribution in [-0.4, -0.2) is 65.5 Å². The smallest absolute Gasteiger partial charge is 0.417 e. The van der Waals surface area contributed by atoms with Crippen molar-refractivity contribution in [1.29, 1.82) is 0 Å². The van der Waals surface area contributed by atoms with E-state index >= 15 is 0 Å². The number of amides is 2. The number of nitrogens with one attached hydrogen (secondary N) is 1. The van der Waals surface area contributed by atoms with Gasteiger partial charge in [-0.15, -0.1) is 0 Å². The first-order chi connectivity index (χ1) is 23.1. The van der Waals surface area contributed by atoms with Crippen LogP contribution < -0.4 is 5.32 Å². The van der Waals surface area contributed by atoms with Crippen molar-refractivity contribution in [2.24, 2.45) is 0 Å². The molecule has 10 nitrogen and oxygen atoms in total. The fourth-order valence-corrected chi connectivity index (χ4v) is 5.23. The van der Waals surface area contributed by atoms with Crippen LogP contribution in [0, 0.1) is 0 Å². The molecule has 0 heterocycles. The number of rotatable bonds is 11. The van der Waals surface area contributed by atoms with Crippen LogP contribution in [0.2, 0.25) is 5.02 Å². The Morgan fingerprint density at radius 2 is 1.45 bits per heavy atom. The number of halogens is 4. The highest BCUT2D eigenvalue weighted by molar-refractivity contribution is 6.31. The second-order valence-electron chi connectivity index (χ2n) is 11.0. The summed E-state index contributed by atoms with van der Waals surface area (Å²) in [5.41, 5.74) is -2.90. The fraction of sp³-hybridized carbons (Fsp3) is 0.171. The number of benzene rings is 4. The van der Waals surface area contributed by atoms with E-state index in [1.165, 1.54) is 79.7 Å². The second-order valence-corrected chi connectivity index (χ2v) is 11.4. The number of hydrogen-bond donors (Lipinski definition) is 3. The molecule has 2 amide bonds.